The number of nitrogens with one attached hydrogen (secondary N) is 2. The van der Waals surface area contributed by atoms with Gasteiger partial charge in [-0.3, -0.25) is 15.1 Å². The number of anilines is 2. The lowest BCUT2D eigenvalue weighted by molar-refractivity contribution is 0.578. The maximum absolute atomic E-state index is 4.63. The highest BCUT2D eigenvalue weighted by molar-refractivity contribution is 5.99. The molecule has 0 aliphatic carbocycles. The van der Waals surface area contributed by atoms with Crippen LogP contribution in [0, 0.1) is 0 Å². The number of hydrogen-bond donors (Lipinski definition) is 2. The number of aromatic nitrogens is 6. The average molecular weight is 439 g/mol. The molecular formula is C25H26N8. The molecule has 33 heavy (non-hydrogen) atoms. The summed E-state index contributed by atoms with van der Waals surface area (Å²) < 4.78 is 0. The van der Waals surface area contributed by atoms with E-state index in [4.69, 9.17) is 0 Å². The van der Waals surface area contributed by atoms with Crippen LogP contribution in [0.15, 0.2) is 49.2 Å². The second-order valence-electron chi connectivity index (χ2n) is 8.87. The standard InChI is InChI=1S/C25H26N8/c1-32(2)18-8-16(11-26-13-18)17-9-20-24(30-31-25(20)28-12-17)21-10-19-22(29-21)14-27-15-23(19)33-6-4-3-5-7-33/h8-15,29H,3-7H2,1-2H3,(H,28,30,31). The molecule has 0 spiro atoms. The van der Waals surface area contributed by atoms with Gasteiger partial charge < -0.3 is 14.8 Å². The molecule has 1 saturated heterocycles. The predicted octanol–water partition coefficient (Wildman–Crippen LogP) is 4.62. The second-order valence-corrected chi connectivity index (χ2v) is 8.87. The zero-order chi connectivity index (χ0) is 22.4. The van der Waals surface area contributed by atoms with Crippen LogP contribution in [-0.4, -0.2) is 57.3 Å². The maximum Gasteiger partial charge on any atom is 0.155 e. The Labute approximate surface area is 191 Å². The second kappa shape index (κ2) is 7.88. The van der Waals surface area contributed by atoms with Crippen LogP contribution in [0.5, 0.6) is 0 Å². The van der Waals surface area contributed by atoms with Crippen LogP contribution in [0.1, 0.15) is 19.3 Å². The van der Waals surface area contributed by atoms with Crippen molar-refractivity contribution in [2.24, 2.45) is 0 Å². The topological polar surface area (TPSA) is 89.6 Å². The third kappa shape index (κ3) is 3.47. The summed E-state index contributed by atoms with van der Waals surface area (Å²) in [5, 5.41) is 9.85. The summed E-state index contributed by atoms with van der Waals surface area (Å²) >= 11 is 0. The Kier molecular flexibility index (Phi) is 4.71. The molecule has 1 fully saturated rings. The molecule has 0 saturated carbocycles. The summed E-state index contributed by atoms with van der Waals surface area (Å²) in [6.07, 6.45) is 13.2. The van der Waals surface area contributed by atoms with Crippen LogP contribution in [0.2, 0.25) is 0 Å². The quantitative estimate of drug-likeness (QED) is 0.426. The molecule has 5 aromatic heterocycles. The maximum atomic E-state index is 4.63. The van der Waals surface area contributed by atoms with Gasteiger partial charge in [0.2, 0.25) is 0 Å². The van der Waals surface area contributed by atoms with Crippen LogP contribution < -0.4 is 9.80 Å². The van der Waals surface area contributed by atoms with Gasteiger partial charge in [0.15, 0.2) is 5.65 Å². The van der Waals surface area contributed by atoms with Crippen molar-refractivity contribution in [3.05, 3.63) is 49.2 Å². The van der Waals surface area contributed by atoms with Crippen molar-refractivity contribution in [2.45, 2.75) is 19.3 Å². The fourth-order valence-corrected chi connectivity index (χ4v) is 4.65. The van der Waals surface area contributed by atoms with Gasteiger partial charge >= 0.3 is 0 Å². The molecule has 1 aliphatic heterocycles. The Bertz CT molecular complexity index is 1440. The van der Waals surface area contributed by atoms with Crippen LogP contribution in [0.3, 0.4) is 0 Å². The van der Waals surface area contributed by atoms with E-state index in [1.54, 1.807) is 0 Å². The molecule has 8 heteroatoms. The van der Waals surface area contributed by atoms with Gasteiger partial charge in [0, 0.05) is 61.5 Å². The summed E-state index contributed by atoms with van der Waals surface area (Å²) in [5.41, 5.74) is 7.88. The van der Waals surface area contributed by atoms with Crippen molar-refractivity contribution >= 4 is 33.3 Å². The fourth-order valence-electron chi connectivity index (χ4n) is 4.65. The minimum atomic E-state index is 0.763. The Hall–Kier alpha value is -3.94. The first-order chi connectivity index (χ1) is 16.2. The molecule has 6 rings (SSSR count). The predicted molar refractivity (Wildman–Crippen MR) is 133 cm³/mol. The molecular weight excluding hydrogens is 412 g/mol. The first-order valence-corrected chi connectivity index (χ1v) is 11.4. The summed E-state index contributed by atoms with van der Waals surface area (Å²) in [7, 11) is 4.03. The Morgan fingerprint density at radius 3 is 2.52 bits per heavy atom. The van der Waals surface area contributed by atoms with Gasteiger partial charge in [-0.1, -0.05) is 0 Å². The Balaban J connectivity index is 1.44. The largest absolute Gasteiger partial charge is 0.376 e. The van der Waals surface area contributed by atoms with E-state index < -0.39 is 0 Å². The van der Waals surface area contributed by atoms with Crippen LogP contribution in [-0.2, 0) is 0 Å². The van der Waals surface area contributed by atoms with E-state index in [1.165, 1.54) is 30.3 Å². The van der Waals surface area contributed by atoms with Gasteiger partial charge in [0.25, 0.3) is 0 Å². The van der Waals surface area contributed by atoms with Crippen molar-refractivity contribution in [3.8, 4) is 22.5 Å². The lowest BCUT2D eigenvalue weighted by Gasteiger charge is -2.28. The van der Waals surface area contributed by atoms with Gasteiger partial charge in [0.05, 0.1) is 41.2 Å². The van der Waals surface area contributed by atoms with Crippen molar-refractivity contribution in [3.63, 3.8) is 0 Å². The lowest BCUT2D eigenvalue weighted by Crippen LogP contribution is -2.29. The molecule has 6 heterocycles. The molecule has 2 N–H and O–H groups in total. The number of H-pyrrole nitrogens is 2. The Morgan fingerprint density at radius 1 is 0.848 bits per heavy atom. The summed E-state index contributed by atoms with van der Waals surface area (Å²) in [6, 6.07) is 6.44. The number of hydrogen-bond acceptors (Lipinski definition) is 6. The summed E-state index contributed by atoms with van der Waals surface area (Å²) in [6.45, 7) is 2.17. The monoisotopic (exact) mass is 438 g/mol. The molecule has 5 aromatic rings. The number of aromatic amines is 2. The third-order valence-corrected chi connectivity index (χ3v) is 6.47. The minimum Gasteiger partial charge on any atom is -0.376 e. The van der Waals surface area contributed by atoms with Crippen molar-refractivity contribution in [1.82, 2.24) is 30.1 Å². The molecule has 8 nitrogen and oxygen atoms in total. The summed E-state index contributed by atoms with van der Waals surface area (Å²) in [5.74, 6) is 0. The molecule has 0 bridgehead atoms. The Morgan fingerprint density at radius 2 is 1.67 bits per heavy atom. The zero-order valence-electron chi connectivity index (χ0n) is 18.8. The van der Waals surface area contributed by atoms with E-state index in [9.17, 15) is 0 Å². The third-order valence-electron chi connectivity index (χ3n) is 6.47. The van der Waals surface area contributed by atoms with E-state index in [2.05, 4.69) is 53.2 Å². The first-order valence-electron chi connectivity index (χ1n) is 11.4. The van der Waals surface area contributed by atoms with Gasteiger partial charge in [-0.25, -0.2) is 4.98 Å². The molecule has 0 atom stereocenters. The fraction of sp³-hybridized carbons (Fsp3) is 0.280. The average Bonchev–Trinajstić information content (AvgIpc) is 3.48. The summed E-state index contributed by atoms with van der Waals surface area (Å²) in [4.78, 5) is 21.6. The van der Waals surface area contributed by atoms with Crippen molar-refractivity contribution in [1.29, 1.82) is 0 Å². The molecule has 0 aromatic carbocycles. The van der Waals surface area contributed by atoms with Crippen molar-refractivity contribution < 1.29 is 0 Å². The number of rotatable bonds is 4. The van der Waals surface area contributed by atoms with Crippen molar-refractivity contribution in [2.75, 3.05) is 37.0 Å². The smallest absolute Gasteiger partial charge is 0.155 e. The van der Waals surface area contributed by atoms with Gasteiger partial charge in [-0.15, -0.1) is 0 Å². The zero-order valence-corrected chi connectivity index (χ0v) is 18.8. The lowest BCUT2D eigenvalue weighted by atomic mass is 10.1. The number of pyridine rings is 3. The number of piperidine rings is 1. The van der Waals surface area contributed by atoms with Crippen LogP contribution >= 0.6 is 0 Å². The van der Waals surface area contributed by atoms with E-state index in [0.717, 1.165) is 57.8 Å². The van der Waals surface area contributed by atoms with Gasteiger partial charge in [0.1, 0.15) is 5.69 Å². The van der Waals surface area contributed by atoms with Gasteiger partial charge in [-0.2, -0.15) is 5.10 Å². The molecule has 0 radical (unpaired) electrons. The molecule has 166 valence electrons. The highest BCUT2D eigenvalue weighted by atomic mass is 15.2. The minimum absolute atomic E-state index is 0.763. The first kappa shape index (κ1) is 19.7. The normalized spacial score (nSPS) is 14.3. The van der Waals surface area contributed by atoms with E-state index in [-0.39, 0.29) is 0 Å². The van der Waals surface area contributed by atoms with E-state index >= 15 is 0 Å². The number of nitrogens with zero attached hydrogens (tertiary/aromatic N) is 6. The van der Waals surface area contributed by atoms with Crippen LogP contribution in [0.4, 0.5) is 11.4 Å². The highest BCUT2D eigenvalue weighted by Gasteiger charge is 2.18. The molecule has 1 aliphatic rings. The molecule has 0 unspecified atom stereocenters. The molecule has 0 amide bonds. The van der Waals surface area contributed by atoms with E-state index in [1.807, 2.05) is 50.0 Å². The van der Waals surface area contributed by atoms with Crippen LogP contribution in [0.25, 0.3) is 44.5 Å². The number of fused-ring (bicyclic) bond motifs is 2. The van der Waals surface area contributed by atoms with Gasteiger partial charge in [-0.05, 0) is 37.5 Å². The highest BCUT2D eigenvalue weighted by Crippen LogP contribution is 2.34. The van der Waals surface area contributed by atoms with E-state index in [0.29, 0.717) is 0 Å². The SMILES string of the molecule is CN(C)c1cncc(-c2cnc3[nH]nc(-c4cc5c(N6CCCCC6)cncc5[nH]4)c3c2)c1.